The molecule has 13 nitrogen and oxygen atoms in total. The van der Waals surface area contributed by atoms with E-state index in [1.165, 1.54) is 38.8 Å². The molecule has 4 fully saturated rings. The smallest absolute Gasteiger partial charge is 0.367 e. The second kappa shape index (κ2) is 12.1. The Balaban J connectivity index is 0.00000480. The molecule has 3 N–H and O–H groups in total. The Bertz CT molecular complexity index is 1600. The molecule has 0 saturated carbocycles. The van der Waals surface area contributed by atoms with Gasteiger partial charge in [-0.2, -0.15) is 0 Å². The molecule has 5 rings (SSSR count). The molecule has 1 aromatic rings. The number of allylic oxidation sites excluding steroid dienone is 1. The second-order valence-corrected chi connectivity index (χ2v) is 17.5. The number of thioether (sulfide) groups is 1. The lowest BCUT2D eigenvalue weighted by atomic mass is 9.84. The van der Waals surface area contributed by atoms with E-state index in [4.69, 9.17) is 9.47 Å². The van der Waals surface area contributed by atoms with Gasteiger partial charge in [-0.3, -0.25) is 9.59 Å². The van der Waals surface area contributed by atoms with Gasteiger partial charge in [0.1, 0.15) is 29.2 Å². The van der Waals surface area contributed by atoms with Gasteiger partial charge in [0, 0.05) is 22.6 Å². The molecular weight excluding hydrogens is 660 g/mol. The number of nitrogens with zero attached hydrogens (tertiary/aromatic N) is 1. The van der Waals surface area contributed by atoms with Gasteiger partial charge in [0.05, 0.1) is 7.11 Å². The number of β-lactam (4-membered cyclic amide) rings is 2. The van der Waals surface area contributed by atoms with Crippen LogP contribution < -0.4 is 27.9 Å². The summed E-state index contributed by atoms with van der Waals surface area (Å²) in [4.78, 5) is 67.6. The number of carbonyl (C=O) groups is 5. The van der Waals surface area contributed by atoms with Gasteiger partial charge in [0.2, 0.25) is 27.2 Å². The van der Waals surface area contributed by atoms with Crippen molar-refractivity contribution in [1.82, 2.24) is 15.5 Å². The average molecular weight is 699 g/mol. The number of benzene rings is 1. The van der Waals surface area contributed by atoms with Crippen LogP contribution >= 0.6 is 11.8 Å². The molecule has 4 heterocycles. The monoisotopic (exact) mass is 698 g/mol. The Morgan fingerprint density at radius 1 is 1.15 bits per heavy atom. The Labute approximate surface area is 278 Å². The van der Waals surface area contributed by atoms with Gasteiger partial charge in [-0.15, -0.1) is 11.8 Å². The average Bonchev–Trinajstić information content (AvgIpc) is 3.27. The molecule has 3 unspecified atom stereocenters. The Hall–Kier alpha value is -3.14. The van der Waals surface area contributed by atoms with E-state index in [2.05, 4.69) is 10.6 Å². The number of rotatable bonds is 9. The summed E-state index contributed by atoms with van der Waals surface area (Å²) in [6, 6.07) is 6.12. The van der Waals surface area contributed by atoms with Crippen LogP contribution in [0.25, 0.3) is 0 Å². The fourth-order valence-electron chi connectivity index (χ4n) is 6.55. The topological polar surface area (TPSA) is 170 Å². The van der Waals surface area contributed by atoms with Crippen molar-refractivity contribution in [3.05, 3.63) is 47.7 Å². The van der Waals surface area contributed by atoms with Crippen molar-refractivity contribution in [1.29, 1.82) is 0 Å². The van der Waals surface area contributed by atoms with Crippen molar-refractivity contribution in [2.45, 2.75) is 91.9 Å². The zero-order valence-electron chi connectivity index (χ0n) is 26.6. The molecule has 252 valence electrons. The number of fused-ring (bicyclic) bond motifs is 2. The number of sulfone groups is 1. The fraction of sp³-hybridized carbons (Fsp3) is 0.567. The molecule has 7 atom stereocenters. The zero-order chi connectivity index (χ0) is 33.3. The number of amides is 3. The number of quaternary nitrogens is 1. The first kappa shape index (κ1) is 35.7. The molecule has 1 aromatic carbocycles. The number of nitrogens with one attached hydrogen (secondary N) is 3. The summed E-state index contributed by atoms with van der Waals surface area (Å²) in [6.45, 7) is 9.69. The standard InChI is InChI=1S/C30H38N4O9S2.ClH/c1-16(13-21(36)42-7)31-22(18-11-9-8-10-12-18)24(37)32-30(26(39)33-17(2)28(3,4)44-27(30)33)15-43-25(38)23-29(5,6)45(40,41)20-14-19(35)34(20)23;/h8-13,17,20,22-23,27,31H,14-15H2,1-7H3,(H,32,37);1H/t17-,20+,22?,23-,27+,30?;/m0./s1. The molecule has 0 spiro atoms. The Morgan fingerprint density at radius 2 is 1.78 bits per heavy atom. The normalized spacial score (nSPS) is 32.0. The van der Waals surface area contributed by atoms with E-state index < -0.39 is 78.1 Å². The molecule has 4 saturated heterocycles. The zero-order valence-corrected chi connectivity index (χ0v) is 29.0. The maximum absolute atomic E-state index is 14.1. The van der Waals surface area contributed by atoms with Gasteiger partial charge in [0.15, 0.2) is 5.54 Å². The van der Waals surface area contributed by atoms with E-state index in [1.807, 2.05) is 20.8 Å². The lowest BCUT2D eigenvalue weighted by Gasteiger charge is -2.53. The molecule has 3 amide bonds. The summed E-state index contributed by atoms with van der Waals surface area (Å²) in [6.07, 6.45) is 1.03. The van der Waals surface area contributed by atoms with E-state index >= 15 is 0 Å². The van der Waals surface area contributed by atoms with E-state index in [0.717, 1.165) is 0 Å². The third-order valence-electron chi connectivity index (χ3n) is 9.61. The van der Waals surface area contributed by atoms with Crippen LogP contribution in [-0.2, 0) is 43.3 Å². The van der Waals surface area contributed by atoms with Crippen LogP contribution in [0, 0.1) is 0 Å². The van der Waals surface area contributed by atoms with Gasteiger partial charge in [-0.1, -0.05) is 30.3 Å². The highest BCUT2D eigenvalue weighted by Crippen LogP contribution is 2.55. The number of halogens is 1. The van der Waals surface area contributed by atoms with Gasteiger partial charge >= 0.3 is 17.8 Å². The third-order valence-corrected chi connectivity index (χ3v) is 14.3. The molecule has 0 aromatic heterocycles. The van der Waals surface area contributed by atoms with Gasteiger partial charge in [0.25, 0.3) is 5.91 Å². The first-order valence-corrected chi connectivity index (χ1v) is 17.0. The fourth-order valence-corrected chi connectivity index (χ4v) is 10.5. The minimum atomic E-state index is -3.82. The number of methoxy groups -OCH3 is 1. The van der Waals surface area contributed by atoms with E-state index in [0.29, 0.717) is 11.3 Å². The van der Waals surface area contributed by atoms with Crippen molar-refractivity contribution in [2.24, 2.45) is 0 Å². The van der Waals surface area contributed by atoms with Gasteiger partial charge in [-0.05, 0) is 47.1 Å². The van der Waals surface area contributed by atoms with E-state index in [-0.39, 0.29) is 35.7 Å². The molecule has 0 radical (unpaired) electrons. The summed E-state index contributed by atoms with van der Waals surface area (Å²) in [5.74, 6) is -3.01. The highest BCUT2D eigenvalue weighted by molar-refractivity contribution is 8.01. The summed E-state index contributed by atoms with van der Waals surface area (Å²) >= 11 is 1.46. The molecule has 4 aliphatic rings. The van der Waals surface area contributed by atoms with Crippen LogP contribution in [0.1, 0.15) is 59.6 Å². The molecule has 0 bridgehead atoms. The van der Waals surface area contributed by atoms with Crippen molar-refractivity contribution in [2.75, 3.05) is 13.7 Å². The highest BCUT2D eigenvalue weighted by atomic mass is 35.5. The van der Waals surface area contributed by atoms with Crippen LogP contribution in [0.5, 0.6) is 0 Å². The van der Waals surface area contributed by atoms with Crippen LogP contribution in [0.3, 0.4) is 0 Å². The first-order valence-electron chi connectivity index (χ1n) is 14.6. The van der Waals surface area contributed by atoms with Gasteiger partial charge in [-0.25, -0.2) is 27.7 Å². The summed E-state index contributed by atoms with van der Waals surface area (Å²) < 4.78 is 34.7. The van der Waals surface area contributed by atoms with Crippen molar-refractivity contribution in [3.63, 3.8) is 0 Å². The van der Waals surface area contributed by atoms with Crippen LogP contribution in [-0.4, -0.2) is 94.6 Å². The number of hydrogen-bond acceptors (Lipinski definition) is 11. The number of esters is 2. The van der Waals surface area contributed by atoms with Gasteiger partial charge < -0.3 is 37.4 Å². The van der Waals surface area contributed by atoms with Crippen molar-refractivity contribution in [3.8, 4) is 0 Å². The van der Waals surface area contributed by atoms with Crippen LogP contribution in [0.4, 0.5) is 0 Å². The predicted octanol–water partition coefficient (Wildman–Crippen LogP) is -3.40. The number of hydrogen-bond donors (Lipinski definition) is 3. The Morgan fingerprint density at radius 3 is 2.37 bits per heavy atom. The maximum atomic E-state index is 14.1. The summed E-state index contributed by atoms with van der Waals surface area (Å²) in [5.41, 5.74) is -0.803. The van der Waals surface area contributed by atoms with E-state index in [9.17, 15) is 32.4 Å². The number of ether oxygens (including phenoxy) is 2. The molecule has 0 aliphatic carbocycles. The van der Waals surface area contributed by atoms with Crippen molar-refractivity contribution >= 4 is 51.3 Å². The lowest BCUT2D eigenvalue weighted by molar-refractivity contribution is -0.873. The highest BCUT2D eigenvalue weighted by Gasteiger charge is 2.74. The van der Waals surface area contributed by atoms with Crippen LogP contribution in [0.2, 0.25) is 0 Å². The van der Waals surface area contributed by atoms with Crippen molar-refractivity contribution < 1.29 is 59.2 Å². The largest absolute Gasteiger partial charge is 1.00 e. The third kappa shape index (κ3) is 5.38. The van der Waals surface area contributed by atoms with Crippen LogP contribution in [0.15, 0.2) is 42.1 Å². The SMILES string of the molecule is COC(=O)C=C(C)NC(C(=O)NC1(COC(=O)[C@@H]2[NH+]3C(=O)C[C@H]3S(=O)(=O)C2(C)C)C(=O)N2[C@@H](C)C(C)(C)S[C@@H]21)c1ccccc1.[Cl-]. The molecule has 4 aliphatic heterocycles. The Kier molecular flexibility index (Phi) is 9.43. The minimum Gasteiger partial charge on any atom is -1.00 e. The lowest BCUT2D eigenvalue weighted by Crippen LogP contribution is -3.27. The predicted molar refractivity (Wildman–Crippen MR) is 163 cm³/mol. The van der Waals surface area contributed by atoms with E-state index in [1.54, 1.807) is 42.2 Å². The maximum Gasteiger partial charge on any atom is 0.367 e. The second-order valence-electron chi connectivity index (χ2n) is 13.0. The molecule has 16 heteroatoms. The summed E-state index contributed by atoms with van der Waals surface area (Å²) in [7, 11) is -2.59. The molecule has 46 heavy (non-hydrogen) atoms. The minimum absolute atomic E-state index is 0. The number of carbonyl (C=O) groups excluding carboxylic acids is 5. The first-order chi connectivity index (χ1) is 20.9. The molecular formula is C30H39ClN4O9S2. The summed E-state index contributed by atoms with van der Waals surface area (Å²) in [5, 5.41) is 4.29. The quantitative estimate of drug-likeness (QED) is 0.134.